The van der Waals surface area contributed by atoms with E-state index < -0.39 is 5.97 Å². The zero-order valence-corrected chi connectivity index (χ0v) is 8.60. The predicted molar refractivity (Wildman–Crippen MR) is 54.7 cm³/mol. The van der Waals surface area contributed by atoms with Gasteiger partial charge in [0.25, 0.3) is 0 Å². The summed E-state index contributed by atoms with van der Waals surface area (Å²) in [5, 5.41) is 18.1. The first-order chi connectivity index (χ1) is 7.19. The van der Waals surface area contributed by atoms with Crippen molar-refractivity contribution in [2.75, 3.05) is 0 Å². The van der Waals surface area contributed by atoms with Gasteiger partial charge in [0.1, 0.15) is 0 Å². The maximum atomic E-state index is 11.2. The Balaban J connectivity index is 2.21. The zero-order chi connectivity index (χ0) is 11.0. The molecule has 3 nitrogen and oxygen atoms in total. The zero-order valence-electron chi connectivity index (χ0n) is 8.60. The lowest BCUT2D eigenvalue weighted by Gasteiger charge is -2.29. The molecule has 5 atom stereocenters. The number of hydrogen-bond donors (Lipinski definition) is 1. The van der Waals surface area contributed by atoms with Gasteiger partial charge in [-0.15, -0.1) is 6.58 Å². The number of rotatable bonds is 3. The lowest BCUT2D eigenvalue weighted by molar-refractivity contribution is -0.146. The summed E-state index contributed by atoms with van der Waals surface area (Å²) < 4.78 is 0. The molecule has 3 heteroatoms. The third-order valence-corrected chi connectivity index (χ3v) is 4.07. The van der Waals surface area contributed by atoms with Crippen molar-refractivity contribution in [3.05, 3.63) is 12.7 Å². The van der Waals surface area contributed by atoms with Crippen molar-refractivity contribution in [2.45, 2.75) is 19.3 Å². The van der Waals surface area contributed by atoms with E-state index in [9.17, 15) is 9.90 Å². The largest absolute Gasteiger partial charge is 0.481 e. The number of allylic oxidation sites excluding steroid dienone is 1. The van der Waals surface area contributed by atoms with Crippen molar-refractivity contribution in [3.8, 4) is 6.07 Å². The Labute approximate surface area is 89.4 Å². The number of nitriles is 1. The minimum atomic E-state index is -0.727. The van der Waals surface area contributed by atoms with Gasteiger partial charge in [0, 0.05) is 0 Å². The second-order valence-corrected chi connectivity index (χ2v) is 4.68. The molecule has 1 unspecified atom stereocenters. The number of carboxylic acids is 1. The fourth-order valence-corrected chi connectivity index (χ4v) is 3.51. The van der Waals surface area contributed by atoms with E-state index in [0.717, 1.165) is 19.3 Å². The highest BCUT2D eigenvalue weighted by Gasteiger charge is 2.54. The lowest BCUT2D eigenvalue weighted by Crippen LogP contribution is -2.33. The van der Waals surface area contributed by atoms with Gasteiger partial charge in [-0.3, -0.25) is 4.79 Å². The quantitative estimate of drug-likeness (QED) is 0.717. The Morgan fingerprint density at radius 2 is 2.33 bits per heavy atom. The molecule has 2 aliphatic carbocycles. The molecule has 0 aromatic carbocycles. The summed E-state index contributed by atoms with van der Waals surface area (Å²) in [7, 11) is 0. The van der Waals surface area contributed by atoms with E-state index in [1.165, 1.54) is 0 Å². The smallest absolute Gasteiger partial charge is 0.307 e. The topological polar surface area (TPSA) is 61.1 Å². The van der Waals surface area contributed by atoms with E-state index in [2.05, 4.69) is 12.6 Å². The van der Waals surface area contributed by atoms with Crippen molar-refractivity contribution in [2.24, 2.45) is 29.6 Å². The predicted octanol–water partition coefficient (Wildman–Crippen LogP) is 2.06. The number of nitrogens with zero attached hydrogens (tertiary/aromatic N) is 1. The van der Waals surface area contributed by atoms with Crippen molar-refractivity contribution in [3.63, 3.8) is 0 Å². The average molecular weight is 205 g/mol. The van der Waals surface area contributed by atoms with Crippen molar-refractivity contribution < 1.29 is 9.90 Å². The van der Waals surface area contributed by atoms with Gasteiger partial charge in [0.05, 0.1) is 17.9 Å². The van der Waals surface area contributed by atoms with Crippen molar-refractivity contribution in [1.82, 2.24) is 0 Å². The molecule has 0 saturated heterocycles. The maximum Gasteiger partial charge on any atom is 0.307 e. The summed E-state index contributed by atoms with van der Waals surface area (Å²) >= 11 is 0. The van der Waals surface area contributed by atoms with E-state index in [0.29, 0.717) is 5.92 Å². The van der Waals surface area contributed by atoms with Crippen LogP contribution in [0, 0.1) is 40.9 Å². The molecule has 0 spiro atoms. The normalized spacial score (nSPS) is 42.5. The highest BCUT2D eigenvalue weighted by atomic mass is 16.4. The van der Waals surface area contributed by atoms with Gasteiger partial charge in [-0.05, 0) is 37.0 Å². The highest BCUT2D eigenvalue weighted by molar-refractivity contribution is 5.71. The molecule has 0 aromatic heterocycles. The summed E-state index contributed by atoms with van der Waals surface area (Å²) in [6.07, 6.45) is 4.40. The molecule has 2 saturated carbocycles. The Hall–Kier alpha value is -1.30. The van der Waals surface area contributed by atoms with E-state index in [1.807, 2.05) is 6.08 Å². The second-order valence-electron chi connectivity index (χ2n) is 4.68. The molecule has 0 aromatic rings. The van der Waals surface area contributed by atoms with Gasteiger partial charge in [-0.1, -0.05) is 6.08 Å². The Morgan fingerprint density at radius 3 is 2.87 bits per heavy atom. The van der Waals surface area contributed by atoms with E-state index >= 15 is 0 Å². The van der Waals surface area contributed by atoms with Gasteiger partial charge in [0.15, 0.2) is 0 Å². The first-order valence-electron chi connectivity index (χ1n) is 5.42. The summed E-state index contributed by atoms with van der Waals surface area (Å²) in [5.41, 5.74) is 0. The van der Waals surface area contributed by atoms with Crippen LogP contribution in [0.5, 0.6) is 0 Å². The second kappa shape index (κ2) is 3.69. The Kier molecular flexibility index (Phi) is 2.52. The molecule has 0 amide bonds. The average Bonchev–Trinajstić information content (AvgIpc) is 2.74. The van der Waals surface area contributed by atoms with Gasteiger partial charge in [0.2, 0.25) is 0 Å². The number of carboxylic acid groups (broad SMARTS) is 1. The Bertz CT molecular complexity index is 331. The molecule has 0 aliphatic heterocycles. The van der Waals surface area contributed by atoms with Gasteiger partial charge in [-0.2, -0.15) is 5.26 Å². The highest BCUT2D eigenvalue weighted by Crippen LogP contribution is 2.56. The number of aliphatic carboxylic acids is 1. The fraction of sp³-hybridized carbons (Fsp3) is 0.667. The van der Waals surface area contributed by atoms with Gasteiger partial charge in [-0.25, -0.2) is 0 Å². The van der Waals surface area contributed by atoms with Crippen LogP contribution in [-0.4, -0.2) is 11.1 Å². The molecule has 1 N–H and O–H groups in total. The first-order valence-corrected chi connectivity index (χ1v) is 5.42. The molecule has 80 valence electrons. The van der Waals surface area contributed by atoms with Crippen molar-refractivity contribution in [1.29, 1.82) is 5.26 Å². The molecule has 2 fully saturated rings. The monoisotopic (exact) mass is 205 g/mol. The third kappa shape index (κ3) is 1.45. The number of fused-ring (bicyclic) bond motifs is 2. The summed E-state index contributed by atoms with van der Waals surface area (Å²) in [4.78, 5) is 11.2. The lowest BCUT2D eigenvalue weighted by atomic mass is 9.73. The van der Waals surface area contributed by atoms with Crippen LogP contribution >= 0.6 is 0 Å². The van der Waals surface area contributed by atoms with E-state index in [-0.39, 0.29) is 23.7 Å². The molecule has 0 radical (unpaired) electrons. The van der Waals surface area contributed by atoms with Crippen LogP contribution in [0.15, 0.2) is 12.7 Å². The number of carbonyl (C=O) groups is 1. The third-order valence-electron chi connectivity index (χ3n) is 4.07. The van der Waals surface area contributed by atoms with Gasteiger partial charge >= 0.3 is 5.97 Å². The minimum absolute atomic E-state index is 0.0304. The molecule has 2 rings (SSSR count). The molecule has 2 bridgehead atoms. The van der Waals surface area contributed by atoms with Crippen LogP contribution < -0.4 is 0 Å². The molecule has 2 aliphatic rings. The van der Waals surface area contributed by atoms with Gasteiger partial charge < -0.3 is 5.11 Å². The minimum Gasteiger partial charge on any atom is -0.481 e. The Morgan fingerprint density at radius 1 is 1.60 bits per heavy atom. The molecular formula is C12H15NO2. The SMILES string of the molecule is C=CC[C@@H]1[C@H]2CC(C#N)[C@H](C2)[C@@H]1C(=O)O. The van der Waals surface area contributed by atoms with Crippen LogP contribution in [0.1, 0.15) is 19.3 Å². The van der Waals surface area contributed by atoms with Crippen molar-refractivity contribution >= 4 is 5.97 Å². The van der Waals surface area contributed by atoms with Crippen LogP contribution in [0.4, 0.5) is 0 Å². The summed E-state index contributed by atoms with van der Waals surface area (Å²) in [6.45, 7) is 3.68. The molecular weight excluding hydrogens is 190 g/mol. The van der Waals surface area contributed by atoms with E-state index in [1.54, 1.807) is 0 Å². The fourth-order valence-electron chi connectivity index (χ4n) is 3.51. The number of hydrogen-bond acceptors (Lipinski definition) is 2. The molecule has 0 heterocycles. The summed E-state index contributed by atoms with van der Waals surface area (Å²) in [5.74, 6) is -0.339. The van der Waals surface area contributed by atoms with Crippen LogP contribution in [-0.2, 0) is 4.79 Å². The first kappa shape index (κ1) is 10.2. The molecule has 15 heavy (non-hydrogen) atoms. The van der Waals surface area contributed by atoms with E-state index in [4.69, 9.17) is 5.26 Å². The standard InChI is InChI=1S/C12H15NO2/c1-2-3-9-7-4-8(6-13)10(5-7)11(9)12(14)15/h2,7-11H,1,3-5H2,(H,14,15)/t7-,8?,9+,10-,11+/m0/s1. The maximum absolute atomic E-state index is 11.2. The van der Waals surface area contributed by atoms with Crippen LogP contribution in [0.3, 0.4) is 0 Å². The summed E-state index contributed by atoms with van der Waals surface area (Å²) in [6, 6.07) is 2.25. The van der Waals surface area contributed by atoms with Crippen LogP contribution in [0.25, 0.3) is 0 Å². The van der Waals surface area contributed by atoms with Crippen LogP contribution in [0.2, 0.25) is 0 Å².